The molecule has 2 aromatic heterocycles. The van der Waals surface area contributed by atoms with E-state index >= 15 is 0 Å². The van der Waals surface area contributed by atoms with Crippen LogP contribution in [0.25, 0.3) is 11.2 Å². The van der Waals surface area contributed by atoms with E-state index in [1.54, 1.807) is 6.20 Å². The van der Waals surface area contributed by atoms with Crippen LogP contribution in [0.2, 0.25) is 0 Å². The van der Waals surface area contributed by atoms with E-state index in [0.717, 1.165) is 15.6 Å². The highest BCUT2D eigenvalue weighted by atomic mass is 79.9. The molecule has 5 nitrogen and oxygen atoms in total. The zero-order chi connectivity index (χ0) is 13.9. The third-order valence-corrected chi connectivity index (χ3v) is 4.24. The van der Waals surface area contributed by atoms with E-state index in [0.29, 0.717) is 25.2 Å². The van der Waals surface area contributed by atoms with Gasteiger partial charge < -0.3 is 10.5 Å². The zero-order valence-electron chi connectivity index (χ0n) is 11.4. The highest BCUT2D eigenvalue weighted by Gasteiger charge is 2.14. The third kappa shape index (κ3) is 2.96. The summed E-state index contributed by atoms with van der Waals surface area (Å²) in [6.07, 6.45) is 8.48. The van der Waals surface area contributed by atoms with Gasteiger partial charge in [-0.05, 0) is 34.8 Å². The van der Waals surface area contributed by atoms with Crippen LogP contribution in [-0.2, 0) is 11.3 Å². The molecular formula is C14H19BrN4O. The van der Waals surface area contributed by atoms with Crippen molar-refractivity contribution in [3.05, 3.63) is 16.7 Å². The summed E-state index contributed by atoms with van der Waals surface area (Å²) in [6, 6.07) is 1.93. The number of pyridine rings is 1. The fourth-order valence-corrected chi connectivity index (χ4v) is 3.09. The van der Waals surface area contributed by atoms with E-state index in [9.17, 15) is 0 Å². The topological polar surface area (TPSA) is 66.0 Å². The molecule has 1 aliphatic carbocycles. The summed E-state index contributed by atoms with van der Waals surface area (Å²) in [5.41, 5.74) is 7.60. The molecular weight excluding hydrogens is 320 g/mol. The van der Waals surface area contributed by atoms with Crippen molar-refractivity contribution in [2.45, 2.75) is 44.8 Å². The number of fused-ring (bicyclic) bond motifs is 1. The van der Waals surface area contributed by atoms with E-state index in [1.807, 2.05) is 10.6 Å². The second-order valence-corrected chi connectivity index (χ2v) is 6.16. The first kappa shape index (κ1) is 13.8. The van der Waals surface area contributed by atoms with Crippen molar-refractivity contribution in [3.63, 3.8) is 0 Å². The average Bonchev–Trinajstić information content (AvgIpc) is 2.75. The number of hydrogen-bond acceptors (Lipinski definition) is 4. The van der Waals surface area contributed by atoms with E-state index in [-0.39, 0.29) is 0 Å². The molecule has 0 aromatic carbocycles. The lowest BCUT2D eigenvalue weighted by Gasteiger charge is -2.22. The molecule has 2 aromatic rings. The molecule has 0 bridgehead atoms. The number of ether oxygens (including phenoxy) is 1. The summed E-state index contributed by atoms with van der Waals surface area (Å²) in [5, 5.41) is 0. The molecule has 6 heteroatoms. The Balaban J connectivity index is 1.66. The van der Waals surface area contributed by atoms with Gasteiger partial charge in [0, 0.05) is 10.7 Å². The van der Waals surface area contributed by atoms with Gasteiger partial charge in [0.1, 0.15) is 5.52 Å². The number of rotatable bonds is 4. The second kappa shape index (κ2) is 6.10. The van der Waals surface area contributed by atoms with Gasteiger partial charge in [0.2, 0.25) is 5.95 Å². The van der Waals surface area contributed by atoms with Crippen LogP contribution in [0.1, 0.15) is 32.1 Å². The molecule has 0 amide bonds. The highest BCUT2D eigenvalue weighted by Crippen LogP contribution is 2.22. The van der Waals surface area contributed by atoms with Crippen molar-refractivity contribution in [2.24, 2.45) is 0 Å². The Labute approximate surface area is 126 Å². The van der Waals surface area contributed by atoms with Gasteiger partial charge in [0.25, 0.3) is 0 Å². The maximum atomic E-state index is 5.96. The van der Waals surface area contributed by atoms with Gasteiger partial charge in [0.05, 0.1) is 19.3 Å². The minimum Gasteiger partial charge on any atom is -0.376 e. The Morgan fingerprint density at radius 3 is 2.95 bits per heavy atom. The minimum absolute atomic E-state index is 0.418. The second-order valence-electron chi connectivity index (χ2n) is 5.25. The molecule has 20 heavy (non-hydrogen) atoms. The van der Waals surface area contributed by atoms with Crippen LogP contribution >= 0.6 is 15.9 Å². The highest BCUT2D eigenvalue weighted by molar-refractivity contribution is 9.10. The minimum atomic E-state index is 0.418. The van der Waals surface area contributed by atoms with Crippen LogP contribution in [-0.4, -0.2) is 27.2 Å². The molecule has 1 saturated carbocycles. The number of hydrogen-bond donors (Lipinski definition) is 1. The SMILES string of the molecule is Nc1nc2cc(Br)cnc2n1CCOC1CCCCC1. The first-order valence-corrected chi connectivity index (χ1v) is 7.92. The molecule has 2 heterocycles. The maximum Gasteiger partial charge on any atom is 0.202 e. The van der Waals surface area contributed by atoms with Crippen LogP contribution in [0.4, 0.5) is 5.95 Å². The molecule has 0 aliphatic heterocycles. The predicted molar refractivity (Wildman–Crippen MR) is 82.5 cm³/mol. The van der Waals surface area contributed by atoms with Crippen molar-refractivity contribution < 1.29 is 4.74 Å². The van der Waals surface area contributed by atoms with E-state index in [1.165, 1.54) is 32.1 Å². The molecule has 0 atom stereocenters. The lowest BCUT2D eigenvalue weighted by molar-refractivity contribution is 0.0246. The Morgan fingerprint density at radius 1 is 1.35 bits per heavy atom. The zero-order valence-corrected chi connectivity index (χ0v) is 13.0. The predicted octanol–water partition coefficient (Wildman–Crippen LogP) is 3.13. The van der Waals surface area contributed by atoms with Crippen molar-refractivity contribution in [3.8, 4) is 0 Å². The summed E-state index contributed by atoms with van der Waals surface area (Å²) < 4.78 is 8.77. The number of nitrogens with zero attached hydrogens (tertiary/aromatic N) is 3. The molecule has 2 N–H and O–H groups in total. The van der Waals surface area contributed by atoms with Gasteiger partial charge >= 0.3 is 0 Å². The third-order valence-electron chi connectivity index (χ3n) is 3.80. The van der Waals surface area contributed by atoms with Crippen LogP contribution in [0.5, 0.6) is 0 Å². The van der Waals surface area contributed by atoms with Gasteiger partial charge in [-0.15, -0.1) is 0 Å². The Bertz CT molecular complexity index is 592. The molecule has 0 unspecified atom stereocenters. The Kier molecular flexibility index (Phi) is 4.21. The van der Waals surface area contributed by atoms with Crippen LogP contribution < -0.4 is 5.73 Å². The van der Waals surface area contributed by atoms with Gasteiger partial charge in [-0.25, -0.2) is 9.97 Å². The monoisotopic (exact) mass is 338 g/mol. The Morgan fingerprint density at radius 2 is 2.15 bits per heavy atom. The van der Waals surface area contributed by atoms with E-state index in [2.05, 4.69) is 25.9 Å². The number of nitrogens with two attached hydrogens (primary N) is 1. The number of nitrogen functional groups attached to an aromatic ring is 1. The molecule has 3 rings (SSSR count). The molecule has 1 fully saturated rings. The summed E-state index contributed by atoms with van der Waals surface area (Å²) in [4.78, 5) is 8.72. The molecule has 0 spiro atoms. The lowest BCUT2D eigenvalue weighted by Crippen LogP contribution is -2.19. The van der Waals surface area contributed by atoms with Crippen molar-refractivity contribution in [2.75, 3.05) is 12.3 Å². The van der Waals surface area contributed by atoms with Crippen LogP contribution in [0.15, 0.2) is 16.7 Å². The standard InChI is InChI=1S/C14H19BrN4O/c15-10-8-12-13(17-9-10)19(14(16)18-12)6-7-20-11-4-2-1-3-5-11/h8-9,11H,1-7H2,(H2,16,18). The van der Waals surface area contributed by atoms with E-state index < -0.39 is 0 Å². The molecule has 0 saturated heterocycles. The van der Waals surface area contributed by atoms with Gasteiger partial charge in [-0.1, -0.05) is 19.3 Å². The van der Waals surface area contributed by atoms with Crippen molar-refractivity contribution in [1.29, 1.82) is 0 Å². The normalized spacial score (nSPS) is 16.9. The number of anilines is 1. The summed E-state index contributed by atoms with van der Waals surface area (Å²) in [6.45, 7) is 1.37. The number of halogens is 1. The van der Waals surface area contributed by atoms with E-state index in [4.69, 9.17) is 10.5 Å². The van der Waals surface area contributed by atoms with Crippen molar-refractivity contribution >= 4 is 33.0 Å². The average molecular weight is 339 g/mol. The largest absolute Gasteiger partial charge is 0.376 e. The van der Waals surface area contributed by atoms with Gasteiger partial charge in [0.15, 0.2) is 5.65 Å². The maximum absolute atomic E-state index is 5.96. The molecule has 1 aliphatic rings. The first-order valence-electron chi connectivity index (χ1n) is 7.13. The number of aromatic nitrogens is 3. The van der Waals surface area contributed by atoms with Gasteiger partial charge in [-0.2, -0.15) is 0 Å². The fraction of sp³-hybridized carbons (Fsp3) is 0.571. The Hall–Kier alpha value is -1.14. The van der Waals surface area contributed by atoms with Crippen molar-refractivity contribution in [1.82, 2.24) is 14.5 Å². The smallest absolute Gasteiger partial charge is 0.202 e. The summed E-state index contributed by atoms with van der Waals surface area (Å²) >= 11 is 3.39. The van der Waals surface area contributed by atoms with Gasteiger partial charge in [-0.3, -0.25) is 4.57 Å². The fourth-order valence-electron chi connectivity index (χ4n) is 2.77. The van der Waals surface area contributed by atoms with Crippen LogP contribution in [0, 0.1) is 0 Å². The molecule has 108 valence electrons. The first-order chi connectivity index (χ1) is 9.74. The number of imidazole rings is 1. The summed E-state index contributed by atoms with van der Waals surface area (Å²) in [7, 11) is 0. The lowest BCUT2D eigenvalue weighted by atomic mass is 9.98. The summed E-state index contributed by atoms with van der Waals surface area (Å²) in [5.74, 6) is 0.498. The molecule has 0 radical (unpaired) electrons. The van der Waals surface area contributed by atoms with Crippen LogP contribution in [0.3, 0.4) is 0 Å². The quantitative estimate of drug-likeness (QED) is 0.929.